The molecule has 6 nitrogen and oxygen atoms in total. The third-order valence-electron chi connectivity index (χ3n) is 6.15. The van der Waals surface area contributed by atoms with Gasteiger partial charge in [0.1, 0.15) is 0 Å². The molecule has 31 heavy (non-hydrogen) atoms. The molecule has 1 heterocycles. The number of nitrogens with zero attached hydrogens (tertiary/aromatic N) is 1. The van der Waals surface area contributed by atoms with E-state index in [4.69, 9.17) is 9.47 Å². The Hall–Kier alpha value is -3.02. The third kappa shape index (κ3) is 4.84. The summed E-state index contributed by atoms with van der Waals surface area (Å²) < 4.78 is 11.6. The zero-order valence-corrected chi connectivity index (χ0v) is 18.2. The Bertz CT molecular complexity index is 935. The minimum absolute atomic E-state index is 0.139. The molecule has 0 radical (unpaired) electrons. The van der Waals surface area contributed by atoms with Gasteiger partial charge < -0.3 is 19.7 Å². The molecule has 1 unspecified atom stereocenters. The maximum Gasteiger partial charge on any atom is 0.251 e. The van der Waals surface area contributed by atoms with E-state index in [1.165, 1.54) is 12.8 Å². The molecule has 2 fully saturated rings. The van der Waals surface area contributed by atoms with E-state index in [1.54, 1.807) is 24.1 Å². The summed E-state index contributed by atoms with van der Waals surface area (Å²) in [5.41, 5.74) is 2.35. The molecule has 2 aromatic carbocycles. The number of amides is 2. The average Bonchev–Trinajstić information content (AvgIpc) is 3.45. The van der Waals surface area contributed by atoms with Crippen LogP contribution >= 0.6 is 0 Å². The number of hydrogen-bond donors (Lipinski definition) is 1. The molecule has 1 saturated heterocycles. The van der Waals surface area contributed by atoms with E-state index in [-0.39, 0.29) is 24.0 Å². The van der Waals surface area contributed by atoms with Crippen LogP contribution in [-0.4, -0.2) is 31.6 Å². The fourth-order valence-electron chi connectivity index (χ4n) is 4.31. The van der Waals surface area contributed by atoms with Gasteiger partial charge in [-0.1, -0.05) is 6.07 Å². The van der Waals surface area contributed by atoms with E-state index in [0.29, 0.717) is 17.7 Å². The Morgan fingerprint density at radius 3 is 2.45 bits per heavy atom. The summed E-state index contributed by atoms with van der Waals surface area (Å²) in [6, 6.07) is 12.8. The highest BCUT2D eigenvalue weighted by atomic mass is 16.5. The van der Waals surface area contributed by atoms with E-state index in [9.17, 15) is 9.59 Å². The van der Waals surface area contributed by atoms with Crippen molar-refractivity contribution in [2.24, 2.45) is 0 Å². The highest BCUT2D eigenvalue weighted by Gasteiger charge is 2.22. The normalized spacial score (nSPS) is 17.6. The number of carbonyl (C=O) groups is 2. The Morgan fingerprint density at radius 1 is 1.06 bits per heavy atom. The van der Waals surface area contributed by atoms with Crippen molar-refractivity contribution < 1.29 is 19.1 Å². The summed E-state index contributed by atoms with van der Waals surface area (Å²) in [6.45, 7) is 2.69. The maximum absolute atomic E-state index is 12.7. The summed E-state index contributed by atoms with van der Waals surface area (Å²) in [6.07, 6.45) is 6.33. The van der Waals surface area contributed by atoms with Crippen molar-refractivity contribution in [2.75, 3.05) is 18.6 Å². The molecule has 0 aromatic heterocycles. The number of nitrogens with one attached hydrogen (secondary N) is 1. The molecule has 164 valence electrons. The van der Waals surface area contributed by atoms with Crippen molar-refractivity contribution in [1.29, 1.82) is 0 Å². The summed E-state index contributed by atoms with van der Waals surface area (Å²) in [7, 11) is 1.64. The Labute approximate surface area is 183 Å². The molecule has 2 aromatic rings. The Balaban J connectivity index is 1.40. The second kappa shape index (κ2) is 9.41. The molecule has 1 aliphatic heterocycles. The van der Waals surface area contributed by atoms with Gasteiger partial charge in [0.15, 0.2) is 11.5 Å². The first-order chi connectivity index (χ1) is 15.0. The van der Waals surface area contributed by atoms with Crippen molar-refractivity contribution in [1.82, 2.24) is 5.32 Å². The van der Waals surface area contributed by atoms with Gasteiger partial charge in [-0.25, -0.2) is 0 Å². The molecule has 2 aliphatic rings. The number of hydrogen-bond acceptors (Lipinski definition) is 4. The van der Waals surface area contributed by atoms with Crippen molar-refractivity contribution in [3.63, 3.8) is 0 Å². The summed E-state index contributed by atoms with van der Waals surface area (Å²) in [5, 5.41) is 3.04. The van der Waals surface area contributed by atoms with Gasteiger partial charge in [-0.2, -0.15) is 0 Å². The molecule has 2 amide bonds. The van der Waals surface area contributed by atoms with Crippen LogP contribution in [0.15, 0.2) is 42.5 Å². The van der Waals surface area contributed by atoms with Crippen LogP contribution in [0, 0.1) is 0 Å². The standard InChI is InChI=1S/C25H30N2O4/c1-17(19-11-14-22(23(16-19)30-2)31-21-6-3-4-7-21)26-25(29)18-9-12-20(13-10-18)27-15-5-8-24(27)28/h9-14,16-17,21H,3-8,15H2,1-2H3,(H,26,29). The molecule has 1 atom stereocenters. The highest BCUT2D eigenvalue weighted by molar-refractivity contribution is 5.97. The quantitative estimate of drug-likeness (QED) is 0.706. The molecule has 0 bridgehead atoms. The van der Waals surface area contributed by atoms with E-state index < -0.39 is 0 Å². The van der Waals surface area contributed by atoms with Crippen LogP contribution in [0.25, 0.3) is 0 Å². The number of rotatable bonds is 7. The summed E-state index contributed by atoms with van der Waals surface area (Å²) in [5.74, 6) is 1.42. The lowest BCUT2D eigenvalue weighted by atomic mass is 10.1. The van der Waals surface area contributed by atoms with Crippen molar-refractivity contribution in [3.8, 4) is 11.5 Å². The van der Waals surface area contributed by atoms with Gasteiger partial charge in [0, 0.05) is 24.2 Å². The van der Waals surface area contributed by atoms with Gasteiger partial charge in [-0.15, -0.1) is 0 Å². The predicted octanol–water partition coefficient (Wildman–Crippen LogP) is 4.63. The highest BCUT2D eigenvalue weighted by Crippen LogP contribution is 2.34. The molecule has 1 aliphatic carbocycles. The molecule has 4 rings (SSSR count). The van der Waals surface area contributed by atoms with E-state index in [2.05, 4.69) is 5.32 Å². The van der Waals surface area contributed by atoms with Crippen LogP contribution in [-0.2, 0) is 4.79 Å². The molecule has 1 N–H and O–H groups in total. The van der Waals surface area contributed by atoms with Crippen LogP contribution in [0.2, 0.25) is 0 Å². The van der Waals surface area contributed by atoms with Gasteiger partial charge in [-0.3, -0.25) is 9.59 Å². The van der Waals surface area contributed by atoms with E-state index in [0.717, 1.165) is 42.8 Å². The molecule has 1 saturated carbocycles. The Morgan fingerprint density at radius 2 is 1.81 bits per heavy atom. The number of ether oxygens (including phenoxy) is 2. The second-order valence-electron chi connectivity index (χ2n) is 8.33. The lowest BCUT2D eigenvalue weighted by Crippen LogP contribution is -2.27. The van der Waals surface area contributed by atoms with E-state index in [1.807, 2.05) is 37.3 Å². The topological polar surface area (TPSA) is 67.9 Å². The van der Waals surface area contributed by atoms with Gasteiger partial charge in [-0.05, 0) is 81.0 Å². The minimum atomic E-state index is -0.193. The third-order valence-corrected chi connectivity index (χ3v) is 6.15. The molecule has 6 heteroatoms. The van der Waals surface area contributed by atoms with Gasteiger partial charge in [0.05, 0.1) is 19.3 Å². The zero-order chi connectivity index (χ0) is 21.8. The van der Waals surface area contributed by atoms with Crippen LogP contribution < -0.4 is 19.7 Å². The average molecular weight is 423 g/mol. The second-order valence-corrected chi connectivity index (χ2v) is 8.33. The monoisotopic (exact) mass is 422 g/mol. The first kappa shape index (κ1) is 21.2. The fraction of sp³-hybridized carbons (Fsp3) is 0.440. The number of anilines is 1. The fourth-order valence-corrected chi connectivity index (χ4v) is 4.31. The van der Waals surface area contributed by atoms with Gasteiger partial charge >= 0.3 is 0 Å². The SMILES string of the molecule is COc1cc(C(C)NC(=O)c2ccc(N3CCCC3=O)cc2)ccc1OC1CCCC1. The van der Waals surface area contributed by atoms with Crippen molar-refractivity contribution in [3.05, 3.63) is 53.6 Å². The van der Waals surface area contributed by atoms with Crippen LogP contribution in [0.4, 0.5) is 5.69 Å². The summed E-state index contributed by atoms with van der Waals surface area (Å²) in [4.78, 5) is 26.4. The predicted molar refractivity (Wildman–Crippen MR) is 120 cm³/mol. The zero-order valence-electron chi connectivity index (χ0n) is 18.2. The smallest absolute Gasteiger partial charge is 0.251 e. The van der Waals surface area contributed by atoms with Crippen molar-refractivity contribution in [2.45, 2.75) is 57.6 Å². The van der Waals surface area contributed by atoms with Crippen LogP contribution in [0.5, 0.6) is 11.5 Å². The molecular weight excluding hydrogens is 392 g/mol. The van der Waals surface area contributed by atoms with Gasteiger partial charge in [0.25, 0.3) is 5.91 Å². The van der Waals surface area contributed by atoms with Crippen LogP contribution in [0.1, 0.15) is 67.4 Å². The number of benzene rings is 2. The molecule has 0 spiro atoms. The van der Waals surface area contributed by atoms with Crippen molar-refractivity contribution >= 4 is 17.5 Å². The summed E-state index contributed by atoms with van der Waals surface area (Å²) >= 11 is 0. The largest absolute Gasteiger partial charge is 0.493 e. The lowest BCUT2D eigenvalue weighted by molar-refractivity contribution is -0.117. The van der Waals surface area contributed by atoms with Crippen LogP contribution in [0.3, 0.4) is 0 Å². The molecular formula is C25H30N2O4. The number of methoxy groups -OCH3 is 1. The minimum Gasteiger partial charge on any atom is -0.493 e. The lowest BCUT2D eigenvalue weighted by Gasteiger charge is -2.19. The van der Waals surface area contributed by atoms with E-state index >= 15 is 0 Å². The maximum atomic E-state index is 12.7. The first-order valence-corrected chi connectivity index (χ1v) is 11.1. The number of carbonyl (C=O) groups excluding carboxylic acids is 2. The first-order valence-electron chi connectivity index (χ1n) is 11.1. The Kier molecular flexibility index (Phi) is 6.44. The van der Waals surface area contributed by atoms with Gasteiger partial charge in [0.2, 0.25) is 5.91 Å².